The van der Waals surface area contributed by atoms with Crippen molar-refractivity contribution < 1.29 is 9.53 Å². The molecule has 2 aromatic rings. The summed E-state index contributed by atoms with van der Waals surface area (Å²) in [5, 5.41) is 11.1. The van der Waals surface area contributed by atoms with Crippen LogP contribution < -0.4 is 10.1 Å². The average molecular weight is 337 g/mol. The number of anilines is 1. The van der Waals surface area contributed by atoms with E-state index in [4.69, 9.17) is 4.74 Å². The van der Waals surface area contributed by atoms with Crippen LogP contribution in [-0.2, 0) is 11.2 Å². The third kappa shape index (κ3) is 4.45. The lowest BCUT2D eigenvalue weighted by molar-refractivity contribution is -0.122. The van der Waals surface area contributed by atoms with Gasteiger partial charge in [0, 0.05) is 0 Å². The Morgan fingerprint density at radius 3 is 2.59 bits per heavy atom. The van der Waals surface area contributed by atoms with Gasteiger partial charge < -0.3 is 4.74 Å². The number of benzene rings is 1. The molecular weight excluding hydrogens is 318 g/mol. The maximum Gasteiger partial charge on any atom is 0.267 e. The van der Waals surface area contributed by atoms with Gasteiger partial charge in [-0.1, -0.05) is 49.1 Å². The van der Waals surface area contributed by atoms with Gasteiger partial charge in [0.2, 0.25) is 5.13 Å². The molecule has 0 aliphatic rings. The number of carbonyl (C=O) groups excluding carboxylic acids is 1. The summed E-state index contributed by atoms with van der Waals surface area (Å²) >= 11 is 2.85. The second-order valence-corrected chi connectivity index (χ2v) is 6.61. The van der Waals surface area contributed by atoms with Crippen LogP contribution in [0, 0.1) is 0 Å². The number of thioether (sulfide) groups is 1. The van der Waals surface area contributed by atoms with Crippen molar-refractivity contribution in [2.45, 2.75) is 37.1 Å². The van der Waals surface area contributed by atoms with E-state index in [1.807, 2.05) is 37.4 Å². The second kappa shape index (κ2) is 8.14. The molecule has 1 aromatic heterocycles. The predicted molar refractivity (Wildman–Crippen MR) is 90.8 cm³/mol. The molecule has 1 N–H and O–H groups in total. The van der Waals surface area contributed by atoms with Gasteiger partial charge in [-0.3, -0.25) is 10.1 Å². The summed E-state index contributed by atoms with van der Waals surface area (Å²) in [5.74, 6) is 0.493. The number of aryl methyl sites for hydroxylation is 1. The molecule has 1 atom stereocenters. The lowest BCUT2D eigenvalue weighted by Gasteiger charge is -2.16. The summed E-state index contributed by atoms with van der Waals surface area (Å²) in [6.45, 7) is 4.02. The number of amides is 1. The molecule has 0 bridgehead atoms. The number of hydrogen-bond donors (Lipinski definition) is 1. The zero-order chi connectivity index (χ0) is 15.9. The second-order valence-electron chi connectivity index (χ2n) is 4.58. The van der Waals surface area contributed by atoms with Crippen LogP contribution in [0.5, 0.6) is 5.75 Å². The van der Waals surface area contributed by atoms with Gasteiger partial charge >= 0.3 is 0 Å². The molecule has 2 rings (SSSR count). The Morgan fingerprint density at radius 2 is 2.05 bits per heavy atom. The van der Waals surface area contributed by atoms with Crippen LogP contribution in [0.1, 0.15) is 25.8 Å². The maximum atomic E-state index is 12.3. The fourth-order valence-corrected chi connectivity index (χ4v) is 2.99. The molecule has 1 amide bonds. The first kappa shape index (κ1) is 16.8. The quantitative estimate of drug-likeness (QED) is 0.617. The molecule has 0 unspecified atom stereocenters. The zero-order valence-corrected chi connectivity index (χ0v) is 14.5. The van der Waals surface area contributed by atoms with Gasteiger partial charge in [0.1, 0.15) is 5.75 Å². The molecule has 7 heteroatoms. The van der Waals surface area contributed by atoms with Crippen molar-refractivity contribution in [3.63, 3.8) is 0 Å². The number of ether oxygens (including phenoxy) is 1. The minimum atomic E-state index is -0.547. The number of nitrogens with one attached hydrogen (secondary N) is 1. The van der Waals surface area contributed by atoms with Gasteiger partial charge in [0.15, 0.2) is 10.4 Å². The third-order valence-corrected chi connectivity index (χ3v) is 4.90. The highest BCUT2D eigenvalue weighted by atomic mass is 32.2. The molecule has 0 saturated heterocycles. The summed E-state index contributed by atoms with van der Waals surface area (Å²) in [6, 6.07) is 7.81. The first-order valence-electron chi connectivity index (χ1n) is 7.10. The van der Waals surface area contributed by atoms with Crippen LogP contribution in [0.3, 0.4) is 0 Å². The SMILES string of the molecule is CCc1ccc(O[C@H](CC)C(=O)Nc2nnc(SC)s2)cc1. The Morgan fingerprint density at radius 1 is 1.32 bits per heavy atom. The molecule has 0 saturated carbocycles. The maximum absolute atomic E-state index is 12.3. The van der Waals surface area contributed by atoms with Gasteiger partial charge in [-0.15, -0.1) is 10.2 Å². The normalized spacial score (nSPS) is 12.0. The molecule has 0 spiro atoms. The van der Waals surface area contributed by atoms with Gasteiger partial charge in [0.25, 0.3) is 5.91 Å². The first-order valence-corrected chi connectivity index (χ1v) is 9.14. The standard InChI is InChI=1S/C15H19N3O2S2/c1-4-10-6-8-11(9-7-10)20-12(5-2)13(19)16-14-17-18-15(21-3)22-14/h6-9,12H,4-5H2,1-3H3,(H,16,17,19)/t12-/m1/s1. The lowest BCUT2D eigenvalue weighted by Crippen LogP contribution is -2.32. The van der Waals surface area contributed by atoms with Crippen molar-refractivity contribution in [2.75, 3.05) is 11.6 Å². The molecule has 1 heterocycles. The van der Waals surface area contributed by atoms with Crippen LogP contribution in [0.2, 0.25) is 0 Å². The molecule has 0 aliphatic heterocycles. The summed E-state index contributed by atoms with van der Waals surface area (Å²) in [6.07, 6.45) is 2.93. The largest absolute Gasteiger partial charge is 0.481 e. The Hall–Kier alpha value is -1.60. The smallest absolute Gasteiger partial charge is 0.267 e. The summed E-state index contributed by atoms with van der Waals surface area (Å²) in [7, 11) is 0. The summed E-state index contributed by atoms with van der Waals surface area (Å²) in [5.41, 5.74) is 1.24. The molecule has 22 heavy (non-hydrogen) atoms. The van der Waals surface area contributed by atoms with Crippen LogP contribution in [0.4, 0.5) is 5.13 Å². The molecule has 0 aliphatic carbocycles. The predicted octanol–water partition coefficient (Wildman–Crippen LogP) is 3.62. The Kier molecular flexibility index (Phi) is 6.21. The van der Waals surface area contributed by atoms with Crippen LogP contribution in [-0.4, -0.2) is 28.5 Å². The molecule has 5 nitrogen and oxygen atoms in total. The highest BCUT2D eigenvalue weighted by Gasteiger charge is 2.20. The fourth-order valence-electron chi connectivity index (χ4n) is 1.82. The first-order chi connectivity index (χ1) is 10.7. The van der Waals surface area contributed by atoms with E-state index in [9.17, 15) is 4.79 Å². The van der Waals surface area contributed by atoms with Crippen LogP contribution in [0.25, 0.3) is 0 Å². The molecule has 1 aromatic carbocycles. The van der Waals surface area contributed by atoms with Gasteiger partial charge in [0.05, 0.1) is 0 Å². The van der Waals surface area contributed by atoms with Gasteiger partial charge in [-0.25, -0.2) is 0 Å². The molecule has 0 fully saturated rings. The molecule has 0 radical (unpaired) electrons. The van der Waals surface area contributed by atoms with Crippen molar-refractivity contribution >= 4 is 34.1 Å². The van der Waals surface area contributed by atoms with Crippen molar-refractivity contribution in [3.05, 3.63) is 29.8 Å². The van der Waals surface area contributed by atoms with E-state index in [2.05, 4.69) is 22.4 Å². The minimum Gasteiger partial charge on any atom is -0.481 e. The Bertz CT molecular complexity index is 614. The summed E-state index contributed by atoms with van der Waals surface area (Å²) < 4.78 is 6.59. The van der Waals surface area contributed by atoms with E-state index >= 15 is 0 Å². The minimum absolute atomic E-state index is 0.203. The van der Waals surface area contributed by atoms with E-state index in [0.717, 1.165) is 10.8 Å². The summed E-state index contributed by atoms with van der Waals surface area (Å²) in [4.78, 5) is 12.3. The van der Waals surface area contributed by atoms with E-state index in [1.165, 1.54) is 28.7 Å². The molecule has 118 valence electrons. The Labute approximate surface area is 138 Å². The van der Waals surface area contributed by atoms with Crippen molar-refractivity contribution in [3.8, 4) is 5.75 Å². The number of hydrogen-bond acceptors (Lipinski definition) is 6. The monoisotopic (exact) mass is 337 g/mol. The average Bonchev–Trinajstić information content (AvgIpc) is 3.00. The fraction of sp³-hybridized carbons (Fsp3) is 0.400. The zero-order valence-electron chi connectivity index (χ0n) is 12.8. The van der Waals surface area contributed by atoms with E-state index in [1.54, 1.807) is 0 Å². The highest BCUT2D eigenvalue weighted by Crippen LogP contribution is 2.23. The number of carbonyl (C=O) groups is 1. The number of nitrogens with zero attached hydrogens (tertiary/aromatic N) is 2. The van der Waals surface area contributed by atoms with Gasteiger partial charge in [-0.05, 0) is 36.8 Å². The van der Waals surface area contributed by atoms with E-state index in [0.29, 0.717) is 17.3 Å². The van der Waals surface area contributed by atoms with Crippen LogP contribution >= 0.6 is 23.1 Å². The van der Waals surface area contributed by atoms with Gasteiger partial charge in [-0.2, -0.15) is 0 Å². The van der Waals surface area contributed by atoms with Crippen LogP contribution in [0.15, 0.2) is 28.6 Å². The molecular formula is C15H19N3O2S2. The van der Waals surface area contributed by atoms with Crippen molar-refractivity contribution in [2.24, 2.45) is 0 Å². The number of aromatic nitrogens is 2. The van der Waals surface area contributed by atoms with Crippen molar-refractivity contribution in [1.29, 1.82) is 0 Å². The topological polar surface area (TPSA) is 64.1 Å². The highest BCUT2D eigenvalue weighted by molar-refractivity contribution is 8.00. The third-order valence-electron chi connectivity index (χ3n) is 3.08. The van der Waals surface area contributed by atoms with Crippen molar-refractivity contribution in [1.82, 2.24) is 10.2 Å². The Balaban J connectivity index is 1.98. The van der Waals surface area contributed by atoms with E-state index < -0.39 is 6.10 Å². The lowest BCUT2D eigenvalue weighted by atomic mass is 10.2. The number of rotatable bonds is 7. The van der Waals surface area contributed by atoms with E-state index in [-0.39, 0.29) is 5.91 Å².